The SMILES string of the molecule is Cl.Cl.Cl.Cn1cncc1C(NC1CCN(Cc2ccccc2)CC1)c1ccc(C#N)c(-c2cccc3ccccc23)c1. The number of nitrogens with one attached hydrogen (secondary N) is 1. The highest BCUT2D eigenvalue weighted by molar-refractivity contribution is 5.97. The summed E-state index contributed by atoms with van der Waals surface area (Å²) >= 11 is 0. The topological polar surface area (TPSA) is 56.9 Å². The Bertz CT molecular complexity index is 1620. The van der Waals surface area contributed by atoms with Gasteiger partial charge in [-0.05, 0) is 65.5 Å². The van der Waals surface area contributed by atoms with Crippen LogP contribution >= 0.6 is 37.2 Å². The Morgan fingerprint density at radius 2 is 1.60 bits per heavy atom. The zero-order chi connectivity index (χ0) is 26.6. The third-order valence-electron chi connectivity index (χ3n) is 7.97. The van der Waals surface area contributed by atoms with E-state index < -0.39 is 0 Å². The summed E-state index contributed by atoms with van der Waals surface area (Å²) in [5.74, 6) is 0. The third-order valence-corrected chi connectivity index (χ3v) is 7.97. The Hall–Kier alpha value is -3.37. The van der Waals surface area contributed by atoms with Crippen molar-refractivity contribution in [3.8, 4) is 17.2 Å². The van der Waals surface area contributed by atoms with E-state index in [1.54, 1.807) is 0 Å². The van der Waals surface area contributed by atoms with Crippen molar-refractivity contribution in [2.75, 3.05) is 13.1 Å². The average molecular weight is 621 g/mol. The molecule has 1 saturated heterocycles. The fourth-order valence-corrected chi connectivity index (χ4v) is 5.86. The van der Waals surface area contributed by atoms with Gasteiger partial charge in [0.25, 0.3) is 0 Å². The number of halogens is 3. The van der Waals surface area contributed by atoms with Gasteiger partial charge in [0, 0.05) is 25.2 Å². The fraction of sp³-hybridized carbons (Fsp3) is 0.235. The van der Waals surface area contributed by atoms with Crippen molar-refractivity contribution >= 4 is 48.0 Å². The van der Waals surface area contributed by atoms with Gasteiger partial charge in [0.15, 0.2) is 0 Å². The summed E-state index contributed by atoms with van der Waals surface area (Å²) in [4.78, 5) is 6.99. The predicted octanol–water partition coefficient (Wildman–Crippen LogP) is 7.72. The van der Waals surface area contributed by atoms with Crippen molar-refractivity contribution in [1.82, 2.24) is 19.8 Å². The number of imidazole rings is 1. The van der Waals surface area contributed by atoms with Gasteiger partial charge < -0.3 is 9.88 Å². The maximum atomic E-state index is 10.0. The Morgan fingerprint density at radius 1 is 0.881 bits per heavy atom. The van der Waals surface area contributed by atoms with Gasteiger partial charge in [0.2, 0.25) is 0 Å². The number of nitrogens with zero attached hydrogens (tertiary/aromatic N) is 4. The lowest BCUT2D eigenvalue weighted by molar-refractivity contribution is 0.186. The van der Waals surface area contributed by atoms with Crippen LogP contribution in [-0.4, -0.2) is 33.6 Å². The Balaban J connectivity index is 0.00000161. The second-order valence-electron chi connectivity index (χ2n) is 10.5. The molecule has 1 aromatic heterocycles. The Labute approximate surface area is 266 Å². The molecule has 0 amide bonds. The minimum atomic E-state index is -0.0235. The zero-order valence-electron chi connectivity index (χ0n) is 23.5. The minimum Gasteiger partial charge on any atom is -0.336 e. The number of aromatic nitrogens is 2. The van der Waals surface area contributed by atoms with Crippen LogP contribution in [0.2, 0.25) is 0 Å². The highest BCUT2D eigenvalue weighted by Crippen LogP contribution is 2.34. The largest absolute Gasteiger partial charge is 0.336 e. The molecular weight excluding hydrogens is 585 g/mol. The summed E-state index contributed by atoms with van der Waals surface area (Å²) in [6.07, 6.45) is 6.00. The molecule has 6 rings (SSSR count). The van der Waals surface area contributed by atoms with E-state index in [4.69, 9.17) is 0 Å². The number of hydrogen-bond acceptors (Lipinski definition) is 4. The molecule has 1 atom stereocenters. The summed E-state index contributed by atoms with van der Waals surface area (Å²) in [6, 6.07) is 34.5. The molecule has 1 N–H and O–H groups in total. The zero-order valence-corrected chi connectivity index (χ0v) is 26.0. The molecule has 42 heavy (non-hydrogen) atoms. The Morgan fingerprint density at radius 3 is 2.31 bits per heavy atom. The van der Waals surface area contributed by atoms with Crippen molar-refractivity contribution in [2.45, 2.75) is 31.5 Å². The van der Waals surface area contributed by atoms with E-state index >= 15 is 0 Å². The lowest BCUT2D eigenvalue weighted by Crippen LogP contribution is -2.43. The van der Waals surface area contributed by atoms with Crippen LogP contribution in [0, 0.1) is 11.3 Å². The molecule has 0 radical (unpaired) electrons. The molecule has 1 aliphatic heterocycles. The first kappa shape index (κ1) is 33.1. The lowest BCUT2D eigenvalue weighted by Gasteiger charge is -2.35. The summed E-state index contributed by atoms with van der Waals surface area (Å²) in [7, 11) is 2.05. The second-order valence-corrected chi connectivity index (χ2v) is 10.5. The van der Waals surface area contributed by atoms with Gasteiger partial charge in [-0.1, -0.05) is 78.9 Å². The number of hydrogen-bond donors (Lipinski definition) is 1. The van der Waals surface area contributed by atoms with E-state index in [2.05, 4.69) is 118 Å². The molecule has 0 bridgehead atoms. The van der Waals surface area contributed by atoms with Gasteiger partial charge in [0.05, 0.1) is 35.9 Å². The van der Waals surface area contributed by atoms with Crippen molar-refractivity contribution in [3.63, 3.8) is 0 Å². The highest BCUT2D eigenvalue weighted by Gasteiger charge is 2.26. The summed E-state index contributed by atoms with van der Waals surface area (Å²) in [6.45, 7) is 3.14. The summed E-state index contributed by atoms with van der Waals surface area (Å²) in [5, 5.41) is 16.3. The van der Waals surface area contributed by atoms with Crippen LogP contribution in [0.1, 0.15) is 41.3 Å². The fourth-order valence-electron chi connectivity index (χ4n) is 5.86. The van der Waals surface area contributed by atoms with Crippen LogP contribution in [0.5, 0.6) is 0 Å². The van der Waals surface area contributed by atoms with Gasteiger partial charge >= 0.3 is 0 Å². The number of piperidine rings is 1. The normalized spacial score (nSPS) is 14.2. The maximum absolute atomic E-state index is 10.0. The van der Waals surface area contributed by atoms with E-state index in [1.807, 2.05) is 18.6 Å². The van der Waals surface area contributed by atoms with Crippen LogP contribution in [0.3, 0.4) is 0 Å². The molecular formula is C34H36Cl3N5. The van der Waals surface area contributed by atoms with Crippen molar-refractivity contribution < 1.29 is 0 Å². The molecule has 1 aliphatic rings. The number of nitriles is 1. The maximum Gasteiger partial charge on any atom is 0.0998 e. The van der Waals surface area contributed by atoms with Crippen LogP contribution in [-0.2, 0) is 13.6 Å². The molecule has 2 heterocycles. The van der Waals surface area contributed by atoms with Crippen LogP contribution in [0.15, 0.2) is 104 Å². The van der Waals surface area contributed by atoms with Crippen molar-refractivity contribution in [2.24, 2.45) is 7.05 Å². The van der Waals surface area contributed by atoms with E-state index in [-0.39, 0.29) is 43.3 Å². The van der Waals surface area contributed by atoms with Gasteiger partial charge in [0.1, 0.15) is 0 Å². The van der Waals surface area contributed by atoms with E-state index in [0.717, 1.165) is 60.2 Å². The Kier molecular flexibility index (Phi) is 12.0. The number of likely N-dealkylation sites (tertiary alicyclic amines) is 1. The smallest absolute Gasteiger partial charge is 0.0998 e. The molecule has 0 saturated carbocycles. The second kappa shape index (κ2) is 15.2. The third kappa shape index (κ3) is 7.15. The highest BCUT2D eigenvalue weighted by atomic mass is 35.5. The van der Waals surface area contributed by atoms with Gasteiger partial charge in [-0.2, -0.15) is 5.26 Å². The molecule has 218 valence electrons. The molecule has 0 spiro atoms. The summed E-state index contributed by atoms with van der Waals surface area (Å²) < 4.78 is 2.10. The molecule has 1 unspecified atom stereocenters. The predicted molar refractivity (Wildman–Crippen MR) is 179 cm³/mol. The number of aryl methyl sites for hydroxylation is 1. The van der Waals surface area contributed by atoms with Gasteiger partial charge in [-0.3, -0.25) is 4.90 Å². The number of rotatable bonds is 7. The molecule has 0 aliphatic carbocycles. The monoisotopic (exact) mass is 619 g/mol. The first-order valence-electron chi connectivity index (χ1n) is 13.7. The first-order chi connectivity index (χ1) is 19.2. The van der Waals surface area contributed by atoms with Crippen LogP contribution in [0.25, 0.3) is 21.9 Å². The average Bonchev–Trinajstić information content (AvgIpc) is 3.42. The van der Waals surface area contributed by atoms with E-state index in [1.165, 1.54) is 10.9 Å². The van der Waals surface area contributed by atoms with Gasteiger partial charge in [-0.15, -0.1) is 37.2 Å². The molecule has 8 heteroatoms. The van der Waals surface area contributed by atoms with Crippen LogP contribution in [0.4, 0.5) is 0 Å². The quantitative estimate of drug-likeness (QED) is 0.202. The number of fused-ring (bicyclic) bond motifs is 1. The van der Waals surface area contributed by atoms with Crippen molar-refractivity contribution in [1.29, 1.82) is 5.26 Å². The molecule has 5 aromatic rings. The standard InChI is InChI=1S/C34H33N5.3ClH/c1-38-24-36-22-33(38)34(37-29-16-18-39(19-17-29)23-25-8-3-2-4-9-25)27-14-15-28(21-35)32(20-27)31-13-7-11-26-10-5-6-12-30(26)31;;;/h2-15,20,22,24,29,34,37H,16-19,23H2,1H3;3*1H. The number of benzene rings is 4. The van der Waals surface area contributed by atoms with Crippen LogP contribution < -0.4 is 5.32 Å². The van der Waals surface area contributed by atoms with Gasteiger partial charge in [-0.25, -0.2) is 4.98 Å². The lowest BCUT2D eigenvalue weighted by atomic mass is 9.91. The molecule has 4 aromatic carbocycles. The van der Waals surface area contributed by atoms with E-state index in [9.17, 15) is 5.26 Å². The van der Waals surface area contributed by atoms with E-state index in [0.29, 0.717) is 11.6 Å². The molecule has 1 fully saturated rings. The van der Waals surface area contributed by atoms with Crippen molar-refractivity contribution in [3.05, 3.63) is 126 Å². The summed E-state index contributed by atoms with van der Waals surface area (Å²) in [5.41, 5.74) is 6.38. The minimum absolute atomic E-state index is 0. The molecule has 5 nitrogen and oxygen atoms in total. The first-order valence-corrected chi connectivity index (χ1v) is 13.7.